The van der Waals surface area contributed by atoms with E-state index in [9.17, 15) is 5.11 Å². The van der Waals surface area contributed by atoms with Gasteiger partial charge in [0, 0.05) is 12.0 Å². The van der Waals surface area contributed by atoms with E-state index in [-0.39, 0.29) is 12.0 Å². The SMILES string of the molecule is Cc1ccc(NCC2(CO)CC2)c(N)c1. The van der Waals surface area contributed by atoms with Gasteiger partial charge in [-0.15, -0.1) is 0 Å². The van der Waals surface area contributed by atoms with Crippen LogP contribution in [0.3, 0.4) is 0 Å². The van der Waals surface area contributed by atoms with Crippen LogP contribution in [-0.4, -0.2) is 18.3 Å². The average Bonchev–Trinajstić information content (AvgIpc) is 2.97. The molecule has 1 aliphatic rings. The number of nitrogens with two attached hydrogens (primary N) is 1. The van der Waals surface area contributed by atoms with Crippen LogP contribution in [0.2, 0.25) is 0 Å². The van der Waals surface area contributed by atoms with E-state index in [2.05, 4.69) is 5.32 Å². The van der Waals surface area contributed by atoms with Crippen molar-refractivity contribution in [2.45, 2.75) is 19.8 Å². The number of benzene rings is 1. The Morgan fingerprint density at radius 3 is 2.73 bits per heavy atom. The second kappa shape index (κ2) is 3.74. The van der Waals surface area contributed by atoms with Gasteiger partial charge in [-0.2, -0.15) is 0 Å². The molecule has 0 saturated heterocycles. The molecule has 2 rings (SSSR count). The van der Waals surface area contributed by atoms with E-state index in [0.29, 0.717) is 0 Å². The summed E-state index contributed by atoms with van der Waals surface area (Å²) in [5, 5.41) is 12.5. The van der Waals surface area contributed by atoms with Crippen molar-refractivity contribution < 1.29 is 5.11 Å². The maximum Gasteiger partial charge on any atom is 0.0574 e. The van der Waals surface area contributed by atoms with Gasteiger partial charge in [-0.3, -0.25) is 0 Å². The molecule has 0 atom stereocenters. The van der Waals surface area contributed by atoms with Gasteiger partial charge in [-0.1, -0.05) is 6.07 Å². The van der Waals surface area contributed by atoms with Gasteiger partial charge >= 0.3 is 0 Å². The molecule has 1 aromatic carbocycles. The molecular formula is C12H18N2O. The lowest BCUT2D eigenvalue weighted by Crippen LogP contribution is -2.19. The molecule has 1 saturated carbocycles. The summed E-state index contributed by atoms with van der Waals surface area (Å²) in [6.07, 6.45) is 2.23. The molecule has 3 nitrogen and oxygen atoms in total. The summed E-state index contributed by atoms with van der Waals surface area (Å²) in [5.41, 5.74) is 8.93. The Labute approximate surface area is 90.3 Å². The van der Waals surface area contributed by atoms with Gasteiger partial charge in [0.2, 0.25) is 0 Å². The van der Waals surface area contributed by atoms with Crippen LogP contribution in [-0.2, 0) is 0 Å². The minimum absolute atomic E-state index is 0.122. The molecule has 0 amide bonds. The lowest BCUT2D eigenvalue weighted by molar-refractivity contribution is 0.220. The van der Waals surface area contributed by atoms with E-state index in [1.807, 2.05) is 25.1 Å². The molecule has 1 aliphatic carbocycles. The molecule has 82 valence electrons. The first kappa shape index (κ1) is 10.3. The molecule has 1 aromatic rings. The van der Waals surface area contributed by atoms with Crippen molar-refractivity contribution in [2.24, 2.45) is 5.41 Å². The normalized spacial score (nSPS) is 17.5. The molecule has 0 bridgehead atoms. The Kier molecular flexibility index (Phi) is 2.57. The van der Waals surface area contributed by atoms with Crippen LogP contribution in [0.1, 0.15) is 18.4 Å². The molecule has 1 fully saturated rings. The molecule has 0 spiro atoms. The second-order valence-electron chi connectivity index (χ2n) is 4.60. The highest BCUT2D eigenvalue weighted by molar-refractivity contribution is 5.67. The number of anilines is 2. The van der Waals surface area contributed by atoms with E-state index < -0.39 is 0 Å². The van der Waals surface area contributed by atoms with Crippen LogP contribution in [0.5, 0.6) is 0 Å². The summed E-state index contributed by atoms with van der Waals surface area (Å²) >= 11 is 0. The molecule has 0 aromatic heterocycles. The van der Waals surface area contributed by atoms with Crippen LogP contribution < -0.4 is 11.1 Å². The number of hydrogen-bond donors (Lipinski definition) is 3. The van der Waals surface area contributed by atoms with E-state index in [0.717, 1.165) is 30.8 Å². The van der Waals surface area contributed by atoms with E-state index >= 15 is 0 Å². The molecule has 4 N–H and O–H groups in total. The minimum Gasteiger partial charge on any atom is -0.397 e. The van der Waals surface area contributed by atoms with Gasteiger partial charge < -0.3 is 16.2 Å². The van der Waals surface area contributed by atoms with Gasteiger partial charge in [-0.05, 0) is 37.5 Å². The zero-order valence-electron chi connectivity index (χ0n) is 9.09. The standard InChI is InChI=1S/C12H18N2O/c1-9-2-3-11(10(13)6-9)14-7-12(8-15)4-5-12/h2-3,6,14-15H,4-5,7-8,13H2,1H3. The highest BCUT2D eigenvalue weighted by Crippen LogP contribution is 2.45. The lowest BCUT2D eigenvalue weighted by Gasteiger charge is -2.15. The lowest BCUT2D eigenvalue weighted by atomic mass is 10.1. The summed E-state index contributed by atoms with van der Waals surface area (Å²) in [4.78, 5) is 0. The molecule has 3 heteroatoms. The molecule has 0 aliphatic heterocycles. The number of nitrogens with one attached hydrogen (secondary N) is 1. The maximum absolute atomic E-state index is 9.18. The number of rotatable bonds is 4. The largest absolute Gasteiger partial charge is 0.397 e. The summed E-state index contributed by atoms with van der Waals surface area (Å²) in [7, 11) is 0. The Morgan fingerprint density at radius 1 is 1.47 bits per heavy atom. The highest BCUT2D eigenvalue weighted by Gasteiger charge is 2.41. The van der Waals surface area contributed by atoms with E-state index in [4.69, 9.17) is 5.73 Å². The first-order valence-corrected chi connectivity index (χ1v) is 5.36. The second-order valence-corrected chi connectivity index (χ2v) is 4.60. The van der Waals surface area contributed by atoms with Crippen molar-refractivity contribution >= 4 is 11.4 Å². The number of aliphatic hydroxyl groups is 1. The van der Waals surface area contributed by atoms with Gasteiger partial charge in [0.1, 0.15) is 0 Å². The summed E-state index contributed by atoms with van der Waals surface area (Å²) in [6.45, 7) is 3.11. The molecule has 0 heterocycles. The van der Waals surface area contributed by atoms with Gasteiger partial charge in [0.05, 0.1) is 18.0 Å². The minimum atomic E-state index is 0.122. The van der Waals surface area contributed by atoms with Crippen molar-refractivity contribution in [1.29, 1.82) is 0 Å². The zero-order chi connectivity index (χ0) is 10.9. The smallest absolute Gasteiger partial charge is 0.0574 e. The van der Waals surface area contributed by atoms with Gasteiger partial charge in [0.25, 0.3) is 0 Å². The summed E-state index contributed by atoms with van der Waals surface area (Å²) in [5.74, 6) is 0. The van der Waals surface area contributed by atoms with Crippen LogP contribution in [0.25, 0.3) is 0 Å². The average molecular weight is 206 g/mol. The maximum atomic E-state index is 9.18. The summed E-state index contributed by atoms with van der Waals surface area (Å²) in [6, 6.07) is 6.00. The Bertz CT molecular complexity index is 359. The fourth-order valence-corrected chi connectivity index (χ4v) is 1.69. The van der Waals surface area contributed by atoms with Crippen molar-refractivity contribution in [3.8, 4) is 0 Å². The van der Waals surface area contributed by atoms with Crippen molar-refractivity contribution in [1.82, 2.24) is 0 Å². The third-order valence-corrected chi connectivity index (χ3v) is 3.15. The highest BCUT2D eigenvalue weighted by atomic mass is 16.3. The van der Waals surface area contributed by atoms with Crippen LogP contribution >= 0.6 is 0 Å². The van der Waals surface area contributed by atoms with Gasteiger partial charge in [0.15, 0.2) is 0 Å². The van der Waals surface area contributed by atoms with Crippen LogP contribution in [0.4, 0.5) is 11.4 Å². The first-order chi connectivity index (χ1) is 7.15. The van der Waals surface area contributed by atoms with Crippen molar-refractivity contribution in [3.05, 3.63) is 23.8 Å². The van der Waals surface area contributed by atoms with Crippen molar-refractivity contribution in [2.75, 3.05) is 24.2 Å². The summed E-state index contributed by atoms with van der Waals surface area (Å²) < 4.78 is 0. The third kappa shape index (κ3) is 2.23. The van der Waals surface area contributed by atoms with Crippen LogP contribution in [0, 0.1) is 12.3 Å². The molecular weight excluding hydrogens is 188 g/mol. The van der Waals surface area contributed by atoms with E-state index in [1.165, 1.54) is 5.56 Å². The number of aryl methyl sites for hydroxylation is 1. The first-order valence-electron chi connectivity index (χ1n) is 5.36. The number of nitrogen functional groups attached to an aromatic ring is 1. The fourth-order valence-electron chi connectivity index (χ4n) is 1.69. The van der Waals surface area contributed by atoms with Gasteiger partial charge in [-0.25, -0.2) is 0 Å². The number of hydrogen-bond acceptors (Lipinski definition) is 3. The zero-order valence-corrected chi connectivity index (χ0v) is 9.09. The third-order valence-electron chi connectivity index (χ3n) is 3.15. The topological polar surface area (TPSA) is 58.3 Å². The van der Waals surface area contributed by atoms with Crippen molar-refractivity contribution in [3.63, 3.8) is 0 Å². The monoisotopic (exact) mass is 206 g/mol. The Hall–Kier alpha value is -1.22. The quantitative estimate of drug-likeness (QED) is 0.658. The van der Waals surface area contributed by atoms with E-state index in [1.54, 1.807) is 0 Å². The molecule has 0 radical (unpaired) electrons. The fraction of sp³-hybridized carbons (Fsp3) is 0.500. The molecule has 0 unspecified atom stereocenters. The Morgan fingerprint density at radius 2 is 2.20 bits per heavy atom. The predicted molar refractivity (Wildman–Crippen MR) is 62.8 cm³/mol. The number of aliphatic hydroxyl groups excluding tert-OH is 1. The molecule has 15 heavy (non-hydrogen) atoms. The van der Waals surface area contributed by atoms with Crippen LogP contribution in [0.15, 0.2) is 18.2 Å². The Balaban J connectivity index is 1.99. The predicted octanol–water partition coefficient (Wildman–Crippen LogP) is 1.76.